The number of allylic oxidation sites excluding steroid dienone is 2. The van der Waals surface area contributed by atoms with Crippen LogP contribution in [-0.2, 0) is 6.42 Å². The first-order chi connectivity index (χ1) is 14.6. The van der Waals surface area contributed by atoms with Gasteiger partial charge in [0.2, 0.25) is 0 Å². The van der Waals surface area contributed by atoms with Crippen LogP contribution in [-0.4, -0.2) is 16.2 Å². The van der Waals surface area contributed by atoms with Crippen molar-refractivity contribution < 1.29 is 9.50 Å². The van der Waals surface area contributed by atoms with Crippen molar-refractivity contribution in [2.75, 3.05) is 0 Å². The number of aliphatic hydroxyl groups excluding tert-OH is 1. The molecule has 0 aliphatic heterocycles. The number of halogens is 1. The van der Waals surface area contributed by atoms with Gasteiger partial charge in [0.15, 0.2) is 0 Å². The minimum absolute atomic E-state index is 0.273. The molecule has 3 rings (SSSR count). The summed E-state index contributed by atoms with van der Waals surface area (Å²) >= 11 is 0. The Morgan fingerprint density at radius 3 is 2.47 bits per heavy atom. The first-order valence-corrected chi connectivity index (χ1v) is 10.4. The molecule has 0 saturated carbocycles. The second-order valence-corrected chi connectivity index (χ2v) is 7.54. The molecule has 0 amide bonds. The third-order valence-electron chi connectivity index (χ3n) is 5.00. The summed E-state index contributed by atoms with van der Waals surface area (Å²) in [5.74, 6) is -0.282. The number of aliphatic hydroxyl groups is 1. The van der Waals surface area contributed by atoms with E-state index in [9.17, 15) is 9.50 Å². The lowest BCUT2D eigenvalue weighted by Gasteiger charge is -2.07. The Labute approximate surface area is 178 Å². The Morgan fingerprint density at radius 1 is 1.07 bits per heavy atom. The Balaban J connectivity index is 1.68. The smallest absolute Gasteiger partial charge is 0.133 e. The van der Waals surface area contributed by atoms with E-state index in [1.54, 1.807) is 19.2 Å². The average Bonchev–Trinajstić information content (AvgIpc) is 2.74. The number of unbranched alkanes of at least 4 members (excludes halogenated alkanes) is 1. The molecule has 1 unspecified atom stereocenters. The van der Waals surface area contributed by atoms with Gasteiger partial charge in [0.1, 0.15) is 5.82 Å². The highest BCUT2D eigenvalue weighted by atomic mass is 19.1. The third-order valence-corrected chi connectivity index (χ3v) is 5.00. The summed E-state index contributed by atoms with van der Waals surface area (Å²) in [5.41, 5.74) is 5.24. The fourth-order valence-corrected chi connectivity index (χ4v) is 3.32. The van der Waals surface area contributed by atoms with Gasteiger partial charge in [0.05, 0.1) is 11.8 Å². The Bertz CT molecular complexity index is 988. The summed E-state index contributed by atoms with van der Waals surface area (Å²) in [6.07, 6.45) is 10.7. The Morgan fingerprint density at radius 2 is 1.83 bits per heavy atom. The predicted octanol–water partition coefficient (Wildman–Crippen LogP) is 6.85. The molecule has 1 N–H and O–H groups in total. The van der Waals surface area contributed by atoms with Crippen LogP contribution in [0.25, 0.3) is 28.5 Å². The largest absolute Gasteiger partial charge is 0.393 e. The van der Waals surface area contributed by atoms with Crippen molar-refractivity contribution in [3.63, 3.8) is 0 Å². The number of aromatic nitrogens is 1. The number of pyridine rings is 1. The van der Waals surface area contributed by atoms with Crippen LogP contribution in [0.5, 0.6) is 0 Å². The van der Waals surface area contributed by atoms with Crippen LogP contribution in [0, 0.1) is 5.82 Å². The molecule has 0 saturated heterocycles. The zero-order valence-corrected chi connectivity index (χ0v) is 17.4. The van der Waals surface area contributed by atoms with Gasteiger partial charge in [0.25, 0.3) is 0 Å². The van der Waals surface area contributed by atoms with Crippen LogP contribution >= 0.6 is 0 Å². The molecular weight excluding hydrogens is 373 g/mol. The monoisotopic (exact) mass is 401 g/mol. The van der Waals surface area contributed by atoms with Crippen molar-refractivity contribution in [3.05, 3.63) is 96.5 Å². The molecule has 154 valence electrons. The average molecular weight is 402 g/mol. The molecule has 30 heavy (non-hydrogen) atoms. The van der Waals surface area contributed by atoms with Crippen molar-refractivity contribution in [3.8, 4) is 22.4 Å². The molecule has 1 heterocycles. The lowest BCUT2D eigenvalue weighted by atomic mass is 10.0. The molecule has 0 aliphatic carbocycles. The molecule has 0 bridgehead atoms. The fraction of sp³-hybridized carbons (Fsp3) is 0.222. The summed E-state index contributed by atoms with van der Waals surface area (Å²) in [6, 6.07) is 17.3. The van der Waals surface area contributed by atoms with E-state index in [1.165, 1.54) is 11.6 Å². The van der Waals surface area contributed by atoms with Gasteiger partial charge in [-0.05, 0) is 67.5 Å². The lowest BCUT2D eigenvalue weighted by Crippen LogP contribution is -1.97. The second kappa shape index (κ2) is 10.7. The van der Waals surface area contributed by atoms with Crippen molar-refractivity contribution in [2.45, 2.75) is 38.7 Å². The van der Waals surface area contributed by atoms with Crippen molar-refractivity contribution in [1.29, 1.82) is 0 Å². The van der Waals surface area contributed by atoms with Crippen LogP contribution in [0.4, 0.5) is 4.39 Å². The van der Waals surface area contributed by atoms with Gasteiger partial charge >= 0.3 is 0 Å². The van der Waals surface area contributed by atoms with E-state index < -0.39 is 0 Å². The summed E-state index contributed by atoms with van der Waals surface area (Å²) in [6.45, 7) is 5.55. The third kappa shape index (κ3) is 5.98. The molecule has 0 fully saturated rings. The number of nitrogens with zero attached hydrogens (tertiary/aromatic N) is 1. The quantitative estimate of drug-likeness (QED) is 0.314. The molecule has 2 aromatic carbocycles. The van der Waals surface area contributed by atoms with Gasteiger partial charge in [-0.1, -0.05) is 54.6 Å². The van der Waals surface area contributed by atoms with Gasteiger partial charge in [0, 0.05) is 17.3 Å². The minimum atomic E-state index is -0.282. The van der Waals surface area contributed by atoms with Crippen molar-refractivity contribution >= 4 is 6.08 Å². The molecular formula is C27H28FNO. The maximum absolute atomic E-state index is 14.6. The molecule has 3 heteroatoms. The summed E-state index contributed by atoms with van der Waals surface area (Å²) in [7, 11) is 0. The van der Waals surface area contributed by atoms with E-state index in [0.717, 1.165) is 42.4 Å². The zero-order chi connectivity index (χ0) is 21.3. The molecule has 0 radical (unpaired) electrons. The van der Waals surface area contributed by atoms with E-state index >= 15 is 0 Å². The first-order valence-electron chi connectivity index (χ1n) is 10.4. The van der Waals surface area contributed by atoms with E-state index in [1.807, 2.05) is 36.4 Å². The van der Waals surface area contributed by atoms with Gasteiger partial charge in [-0.15, -0.1) is 6.58 Å². The van der Waals surface area contributed by atoms with Crippen LogP contribution in [0.3, 0.4) is 0 Å². The standard InChI is InChI=1S/C27H28FNO/c1-3-7-21-10-13-23(14-11-21)24-15-17-27(29-19-24)25-16-12-22(18-26(25)28)9-6-4-5-8-20(2)30/h3,6,9-20,30H,1,4-5,7-8H2,2H3/b9-6+. The Hall–Kier alpha value is -3.04. The highest BCUT2D eigenvalue weighted by molar-refractivity contribution is 5.68. The Kier molecular flexibility index (Phi) is 7.69. The van der Waals surface area contributed by atoms with E-state index in [-0.39, 0.29) is 11.9 Å². The van der Waals surface area contributed by atoms with Crippen molar-refractivity contribution in [2.24, 2.45) is 0 Å². The highest BCUT2D eigenvalue weighted by Crippen LogP contribution is 2.26. The van der Waals surface area contributed by atoms with Crippen LogP contribution in [0.2, 0.25) is 0 Å². The molecule has 1 atom stereocenters. The highest BCUT2D eigenvalue weighted by Gasteiger charge is 2.08. The predicted molar refractivity (Wildman–Crippen MR) is 124 cm³/mol. The van der Waals surface area contributed by atoms with Gasteiger partial charge < -0.3 is 5.11 Å². The lowest BCUT2D eigenvalue weighted by molar-refractivity contribution is 0.182. The van der Waals surface area contributed by atoms with Crippen LogP contribution < -0.4 is 0 Å². The number of benzene rings is 2. The summed E-state index contributed by atoms with van der Waals surface area (Å²) in [4.78, 5) is 4.48. The van der Waals surface area contributed by atoms with E-state index in [4.69, 9.17) is 0 Å². The fourth-order valence-electron chi connectivity index (χ4n) is 3.32. The number of hydrogen-bond acceptors (Lipinski definition) is 2. The van der Waals surface area contributed by atoms with Gasteiger partial charge in [-0.25, -0.2) is 4.39 Å². The van der Waals surface area contributed by atoms with Crippen molar-refractivity contribution in [1.82, 2.24) is 4.98 Å². The van der Waals surface area contributed by atoms with Gasteiger partial charge in [-0.2, -0.15) is 0 Å². The van der Waals surface area contributed by atoms with E-state index in [2.05, 4.69) is 35.8 Å². The molecule has 1 aromatic heterocycles. The van der Waals surface area contributed by atoms with Crippen LogP contribution in [0.15, 0.2) is 79.5 Å². The molecule has 0 aliphatic rings. The maximum Gasteiger partial charge on any atom is 0.133 e. The van der Waals surface area contributed by atoms with Crippen LogP contribution in [0.1, 0.15) is 37.3 Å². The first kappa shape index (κ1) is 21.7. The molecule has 0 spiro atoms. The number of rotatable bonds is 9. The zero-order valence-electron chi connectivity index (χ0n) is 17.4. The van der Waals surface area contributed by atoms with E-state index in [0.29, 0.717) is 11.3 Å². The SMILES string of the molecule is C=CCc1ccc(-c2ccc(-c3ccc(/C=C/CCCC(C)O)cc3F)nc2)cc1. The minimum Gasteiger partial charge on any atom is -0.393 e. The number of hydrogen-bond donors (Lipinski definition) is 1. The molecule has 3 aromatic rings. The maximum atomic E-state index is 14.6. The normalized spacial score (nSPS) is 12.2. The summed E-state index contributed by atoms with van der Waals surface area (Å²) in [5, 5.41) is 9.27. The summed E-state index contributed by atoms with van der Waals surface area (Å²) < 4.78 is 14.6. The molecule has 2 nitrogen and oxygen atoms in total. The second-order valence-electron chi connectivity index (χ2n) is 7.54. The topological polar surface area (TPSA) is 33.1 Å². The van der Waals surface area contributed by atoms with Gasteiger partial charge in [-0.3, -0.25) is 4.98 Å².